The first-order valence-corrected chi connectivity index (χ1v) is 13.6. The predicted molar refractivity (Wildman–Crippen MR) is 147 cm³/mol. The highest BCUT2D eigenvalue weighted by atomic mass is 79.9. The maximum absolute atomic E-state index is 13.8. The predicted octanol–water partition coefficient (Wildman–Crippen LogP) is 6.52. The van der Waals surface area contributed by atoms with Gasteiger partial charge in [0.25, 0.3) is 5.56 Å². The molecule has 6 rings (SSSR count). The van der Waals surface area contributed by atoms with Gasteiger partial charge in [-0.2, -0.15) is 0 Å². The van der Waals surface area contributed by atoms with Gasteiger partial charge in [-0.05, 0) is 95.6 Å². The Hall–Kier alpha value is -3.42. The van der Waals surface area contributed by atoms with E-state index in [1.165, 1.54) is 35.6 Å². The van der Waals surface area contributed by atoms with E-state index in [0.29, 0.717) is 9.33 Å². The molecule has 0 fully saturated rings. The number of aromatic nitrogens is 1. The molecule has 1 aromatic heterocycles. The molecule has 184 valence electrons. The van der Waals surface area contributed by atoms with Crippen molar-refractivity contribution in [2.24, 2.45) is 4.99 Å². The van der Waals surface area contributed by atoms with Crippen LogP contribution in [-0.2, 0) is 0 Å². The standard InChI is InChI=1S/C30H21BrF2N2OS/c31-22-5-1-3-19(16-22)17-26-29(36)35-28(20-9-13-24(33)14-10-20)25-6-2-4-21(27(25)34-30(35)37-26)15-18-7-11-23(32)12-8-18/h1,3,5,7-17,28H,2,4,6H2/b21-15+,26-17+. The highest BCUT2D eigenvalue weighted by Crippen LogP contribution is 2.41. The lowest BCUT2D eigenvalue weighted by Gasteiger charge is -2.31. The minimum atomic E-state index is -0.367. The van der Waals surface area contributed by atoms with Crippen LogP contribution < -0.4 is 14.9 Å². The molecule has 37 heavy (non-hydrogen) atoms. The van der Waals surface area contributed by atoms with Crippen LogP contribution in [0.2, 0.25) is 0 Å². The fourth-order valence-electron chi connectivity index (χ4n) is 5.01. The SMILES string of the molecule is O=c1/c(=C\c2cccc(Br)c2)sc2n1C(c1ccc(F)cc1)C1=C(N=2)/C(=C/c2ccc(F)cc2)CCC1. The van der Waals surface area contributed by atoms with Crippen LogP contribution in [0.1, 0.15) is 42.0 Å². The summed E-state index contributed by atoms with van der Waals surface area (Å²) in [5.74, 6) is -0.596. The zero-order valence-corrected chi connectivity index (χ0v) is 22.0. The van der Waals surface area contributed by atoms with Crippen molar-refractivity contribution in [3.05, 3.63) is 142 Å². The summed E-state index contributed by atoms with van der Waals surface area (Å²) >= 11 is 4.85. The molecule has 0 amide bonds. The zero-order valence-electron chi connectivity index (χ0n) is 19.6. The van der Waals surface area contributed by atoms with Crippen LogP contribution in [0.3, 0.4) is 0 Å². The second kappa shape index (κ2) is 9.80. The van der Waals surface area contributed by atoms with Crippen molar-refractivity contribution in [3.8, 4) is 0 Å². The molecule has 4 aromatic rings. The average molecular weight is 575 g/mol. The van der Waals surface area contributed by atoms with Gasteiger partial charge in [0.1, 0.15) is 11.6 Å². The molecule has 0 saturated heterocycles. The Morgan fingerprint density at radius 2 is 1.65 bits per heavy atom. The first kappa shape index (κ1) is 23.9. The van der Waals surface area contributed by atoms with Gasteiger partial charge < -0.3 is 0 Å². The fourth-order valence-corrected chi connectivity index (χ4v) is 6.43. The van der Waals surface area contributed by atoms with Crippen LogP contribution in [0.4, 0.5) is 8.78 Å². The van der Waals surface area contributed by atoms with Crippen LogP contribution in [-0.4, -0.2) is 4.57 Å². The normalized spacial score (nSPS) is 18.5. The van der Waals surface area contributed by atoms with E-state index in [9.17, 15) is 13.6 Å². The van der Waals surface area contributed by atoms with Gasteiger partial charge in [0.2, 0.25) is 0 Å². The van der Waals surface area contributed by atoms with E-state index in [1.54, 1.807) is 28.8 Å². The molecule has 2 heterocycles. The Morgan fingerprint density at radius 1 is 0.919 bits per heavy atom. The molecule has 1 atom stereocenters. The summed E-state index contributed by atoms with van der Waals surface area (Å²) in [6.45, 7) is 0. The number of rotatable bonds is 3. The maximum Gasteiger partial charge on any atom is 0.271 e. The van der Waals surface area contributed by atoms with E-state index < -0.39 is 0 Å². The minimum Gasteiger partial charge on any atom is -0.272 e. The highest BCUT2D eigenvalue weighted by molar-refractivity contribution is 9.10. The van der Waals surface area contributed by atoms with Gasteiger partial charge in [0.15, 0.2) is 4.80 Å². The molecular weight excluding hydrogens is 554 g/mol. The van der Waals surface area contributed by atoms with Crippen LogP contribution >= 0.6 is 27.3 Å². The van der Waals surface area contributed by atoms with E-state index in [1.807, 2.05) is 30.3 Å². The number of thiazole rings is 1. The van der Waals surface area contributed by atoms with Crippen molar-refractivity contribution in [2.45, 2.75) is 25.3 Å². The summed E-state index contributed by atoms with van der Waals surface area (Å²) in [4.78, 5) is 19.4. The largest absolute Gasteiger partial charge is 0.272 e. The first-order chi connectivity index (χ1) is 18.0. The van der Waals surface area contributed by atoms with Crippen molar-refractivity contribution < 1.29 is 8.78 Å². The Labute approximate surface area is 224 Å². The lowest BCUT2D eigenvalue weighted by atomic mass is 9.84. The third-order valence-electron chi connectivity index (χ3n) is 6.68. The third-order valence-corrected chi connectivity index (χ3v) is 8.15. The van der Waals surface area contributed by atoms with E-state index in [-0.39, 0.29) is 23.2 Å². The molecule has 1 aliphatic heterocycles. The first-order valence-electron chi connectivity index (χ1n) is 12.0. The smallest absolute Gasteiger partial charge is 0.271 e. The highest BCUT2D eigenvalue weighted by Gasteiger charge is 2.32. The molecule has 0 saturated carbocycles. The second-order valence-corrected chi connectivity index (χ2v) is 11.1. The number of fused-ring (bicyclic) bond motifs is 1. The molecule has 2 aliphatic rings. The quantitative estimate of drug-likeness (QED) is 0.274. The van der Waals surface area contributed by atoms with Crippen molar-refractivity contribution in [3.63, 3.8) is 0 Å². The van der Waals surface area contributed by atoms with Crippen LogP contribution in [0, 0.1) is 11.6 Å². The Kier molecular flexibility index (Phi) is 6.34. The molecule has 0 bridgehead atoms. The lowest BCUT2D eigenvalue weighted by molar-refractivity contribution is 0.551. The third kappa shape index (κ3) is 4.69. The van der Waals surface area contributed by atoms with E-state index in [4.69, 9.17) is 4.99 Å². The summed E-state index contributed by atoms with van der Waals surface area (Å²) in [6.07, 6.45) is 6.46. The van der Waals surface area contributed by atoms with E-state index in [2.05, 4.69) is 22.0 Å². The summed E-state index contributed by atoms with van der Waals surface area (Å²) in [5.41, 5.74) is 5.54. The number of hydrogen-bond donors (Lipinski definition) is 0. The van der Waals surface area contributed by atoms with Gasteiger partial charge in [-0.3, -0.25) is 9.36 Å². The molecular formula is C30H21BrF2N2OS. The van der Waals surface area contributed by atoms with Gasteiger partial charge in [-0.25, -0.2) is 13.8 Å². The van der Waals surface area contributed by atoms with Gasteiger partial charge >= 0.3 is 0 Å². The summed E-state index contributed by atoms with van der Waals surface area (Å²) in [6, 6.07) is 20.2. The number of hydrogen-bond acceptors (Lipinski definition) is 3. The number of benzene rings is 3. The van der Waals surface area contributed by atoms with Crippen molar-refractivity contribution in [1.29, 1.82) is 0 Å². The summed E-state index contributed by atoms with van der Waals surface area (Å²) < 4.78 is 30.6. The summed E-state index contributed by atoms with van der Waals surface area (Å²) in [7, 11) is 0. The van der Waals surface area contributed by atoms with Gasteiger partial charge in [0.05, 0.1) is 16.3 Å². The fraction of sp³-hybridized carbons (Fsp3) is 0.133. The molecule has 1 unspecified atom stereocenters. The number of allylic oxidation sites excluding steroid dienone is 2. The van der Waals surface area contributed by atoms with Crippen LogP contribution in [0.25, 0.3) is 12.2 Å². The second-order valence-electron chi connectivity index (χ2n) is 9.14. The molecule has 1 aliphatic carbocycles. The van der Waals surface area contributed by atoms with Crippen molar-refractivity contribution >= 4 is 39.4 Å². The monoisotopic (exact) mass is 574 g/mol. The van der Waals surface area contributed by atoms with Crippen molar-refractivity contribution in [1.82, 2.24) is 4.57 Å². The lowest BCUT2D eigenvalue weighted by Crippen LogP contribution is -2.39. The Bertz CT molecular complexity index is 1750. The maximum atomic E-state index is 13.8. The molecule has 3 aromatic carbocycles. The van der Waals surface area contributed by atoms with Gasteiger partial charge in [-0.1, -0.05) is 63.7 Å². The Balaban J connectivity index is 1.57. The molecule has 0 spiro atoms. The minimum absolute atomic E-state index is 0.112. The van der Waals surface area contributed by atoms with Gasteiger partial charge in [0, 0.05) is 4.47 Å². The van der Waals surface area contributed by atoms with Gasteiger partial charge in [-0.15, -0.1) is 0 Å². The van der Waals surface area contributed by atoms with Crippen LogP contribution in [0.15, 0.2) is 104 Å². The topological polar surface area (TPSA) is 34.4 Å². The number of halogens is 3. The molecule has 0 N–H and O–H groups in total. The van der Waals surface area contributed by atoms with Crippen LogP contribution in [0.5, 0.6) is 0 Å². The molecule has 7 heteroatoms. The Morgan fingerprint density at radius 3 is 2.38 bits per heavy atom. The average Bonchev–Trinajstić information content (AvgIpc) is 3.19. The molecule has 3 nitrogen and oxygen atoms in total. The molecule has 0 radical (unpaired) electrons. The van der Waals surface area contributed by atoms with E-state index in [0.717, 1.165) is 57.3 Å². The van der Waals surface area contributed by atoms with Crippen molar-refractivity contribution in [2.75, 3.05) is 0 Å². The number of nitrogens with zero attached hydrogens (tertiary/aromatic N) is 2. The van der Waals surface area contributed by atoms with E-state index >= 15 is 0 Å². The zero-order chi connectivity index (χ0) is 25.5. The summed E-state index contributed by atoms with van der Waals surface area (Å²) in [5, 5.41) is 0.